The van der Waals surface area contributed by atoms with Gasteiger partial charge < -0.3 is 16.0 Å². The second kappa shape index (κ2) is 9.25. The Kier molecular flexibility index (Phi) is 7.33. The van der Waals surface area contributed by atoms with Crippen molar-refractivity contribution < 1.29 is 4.79 Å². The molecule has 2 aliphatic rings. The highest BCUT2D eigenvalue weighted by atomic mass is 127. The van der Waals surface area contributed by atoms with E-state index >= 15 is 0 Å². The lowest BCUT2D eigenvalue weighted by atomic mass is 10.1. The van der Waals surface area contributed by atoms with Crippen LogP contribution in [-0.4, -0.2) is 29.4 Å². The van der Waals surface area contributed by atoms with Crippen molar-refractivity contribution >= 4 is 35.8 Å². The van der Waals surface area contributed by atoms with Gasteiger partial charge in [0.15, 0.2) is 5.96 Å². The van der Waals surface area contributed by atoms with Gasteiger partial charge in [-0.2, -0.15) is 0 Å². The Hall–Kier alpha value is -1.31. The number of carbonyl (C=O) groups is 1. The van der Waals surface area contributed by atoms with Gasteiger partial charge in [0, 0.05) is 25.6 Å². The molecule has 6 heteroatoms. The van der Waals surface area contributed by atoms with E-state index in [9.17, 15) is 4.79 Å². The third kappa shape index (κ3) is 5.09. The molecule has 0 unspecified atom stereocenters. The number of carbonyl (C=O) groups excluding carboxylic acids is 1. The van der Waals surface area contributed by atoms with Crippen LogP contribution in [0.15, 0.2) is 29.3 Å². The Morgan fingerprint density at radius 1 is 1.21 bits per heavy atom. The number of halogens is 1. The van der Waals surface area contributed by atoms with E-state index in [1.807, 2.05) is 17.0 Å². The topological polar surface area (TPSA) is 70.7 Å². The molecule has 1 heterocycles. The Morgan fingerprint density at radius 3 is 2.58 bits per heavy atom. The number of likely N-dealkylation sites (tertiary alicyclic amines) is 1. The maximum absolute atomic E-state index is 11.8. The van der Waals surface area contributed by atoms with Gasteiger partial charge in [0.2, 0.25) is 5.91 Å². The van der Waals surface area contributed by atoms with Crippen LogP contribution < -0.4 is 11.1 Å². The van der Waals surface area contributed by atoms with Crippen LogP contribution in [0.3, 0.4) is 0 Å². The number of hydrogen-bond donors (Lipinski definition) is 2. The summed E-state index contributed by atoms with van der Waals surface area (Å²) < 4.78 is 0. The summed E-state index contributed by atoms with van der Waals surface area (Å²) in [6, 6.07) is 8.67. The second-order valence-corrected chi connectivity index (χ2v) is 6.51. The van der Waals surface area contributed by atoms with E-state index in [-0.39, 0.29) is 29.9 Å². The second-order valence-electron chi connectivity index (χ2n) is 6.51. The van der Waals surface area contributed by atoms with E-state index in [0.29, 0.717) is 31.5 Å². The molecule has 0 atom stereocenters. The molecule has 1 aromatic carbocycles. The summed E-state index contributed by atoms with van der Waals surface area (Å²) >= 11 is 0. The van der Waals surface area contributed by atoms with E-state index in [4.69, 9.17) is 5.73 Å². The summed E-state index contributed by atoms with van der Waals surface area (Å²) in [7, 11) is 0. The van der Waals surface area contributed by atoms with E-state index in [1.165, 1.54) is 31.2 Å². The molecule has 1 amide bonds. The molecule has 5 nitrogen and oxygen atoms in total. The van der Waals surface area contributed by atoms with Crippen LogP contribution in [0.1, 0.15) is 49.7 Å². The number of nitrogens with two attached hydrogens (primary N) is 1. The molecule has 1 aliphatic heterocycles. The quantitative estimate of drug-likeness (QED) is 0.419. The first-order chi connectivity index (χ1) is 11.2. The zero-order valence-corrected chi connectivity index (χ0v) is 16.4. The molecule has 2 fully saturated rings. The van der Waals surface area contributed by atoms with Crippen LogP contribution in [0, 0.1) is 0 Å². The van der Waals surface area contributed by atoms with Crippen molar-refractivity contribution in [1.82, 2.24) is 10.2 Å². The molecule has 0 radical (unpaired) electrons. The molecule has 1 aromatic rings. The highest BCUT2D eigenvalue weighted by molar-refractivity contribution is 14.0. The summed E-state index contributed by atoms with van der Waals surface area (Å²) in [5, 5.41) is 3.31. The lowest BCUT2D eigenvalue weighted by Crippen LogP contribution is -2.38. The molecule has 132 valence electrons. The molecular weight excluding hydrogens is 415 g/mol. The van der Waals surface area contributed by atoms with Gasteiger partial charge in [0.1, 0.15) is 0 Å². The van der Waals surface area contributed by atoms with Gasteiger partial charge in [-0.1, -0.05) is 37.1 Å². The average Bonchev–Trinajstić information content (AvgIpc) is 3.19. The van der Waals surface area contributed by atoms with Crippen LogP contribution in [-0.2, 0) is 17.9 Å². The number of nitrogens with one attached hydrogen (secondary N) is 1. The molecule has 0 spiro atoms. The van der Waals surface area contributed by atoms with Crippen molar-refractivity contribution in [1.29, 1.82) is 0 Å². The van der Waals surface area contributed by atoms with Gasteiger partial charge in [0.25, 0.3) is 0 Å². The smallest absolute Gasteiger partial charge is 0.222 e. The lowest BCUT2D eigenvalue weighted by Gasteiger charge is -2.18. The molecule has 0 bridgehead atoms. The number of benzene rings is 1. The zero-order valence-electron chi connectivity index (χ0n) is 14.0. The number of aliphatic imine (C=N–C) groups is 1. The summed E-state index contributed by atoms with van der Waals surface area (Å²) in [5.74, 6) is 0.787. The fourth-order valence-corrected chi connectivity index (χ4v) is 3.44. The van der Waals surface area contributed by atoms with Gasteiger partial charge in [-0.25, -0.2) is 4.99 Å². The Bertz CT molecular complexity index is 584. The molecular formula is C18H27IN4O. The molecule has 3 N–H and O–H groups in total. The molecule has 1 aliphatic carbocycles. The van der Waals surface area contributed by atoms with Crippen LogP contribution in [0.5, 0.6) is 0 Å². The standard InChI is InChI=1S/C18H26N4O.HI/c19-18(21-16-8-3-4-9-16)20-12-14-6-1-2-7-15(14)13-22-11-5-10-17(22)23;/h1-2,6-7,16H,3-5,8-13H2,(H3,19,20,21);1H. The number of guanidine groups is 1. The molecule has 1 saturated carbocycles. The minimum atomic E-state index is 0. The normalized spacial score (nSPS) is 18.8. The predicted octanol–water partition coefficient (Wildman–Crippen LogP) is 2.77. The van der Waals surface area contributed by atoms with Crippen LogP contribution >= 0.6 is 24.0 Å². The van der Waals surface area contributed by atoms with Gasteiger partial charge in [-0.3, -0.25) is 4.79 Å². The number of amides is 1. The first-order valence-electron chi connectivity index (χ1n) is 8.63. The van der Waals surface area contributed by atoms with E-state index < -0.39 is 0 Å². The van der Waals surface area contributed by atoms with Crippen molar-refractivity contribution in [3.05, 3.63) is 35.4 Å². The third-order valence-corrected chi connectivity index (χ3v) is 4.78. The molecule has 24 heavy (non-hydrogen) atoms. The highest BCUT2D eigenvalue weighted by Gasteiger charge is 2.20. The maximum Gasteiger partial charge on any atom is 0.222 e. The summed E-state index contributed by atoms with van der Waals surface area (Å²) in [5.41, 5.74) is 8.32. The minimum absolute atomic E-state index is 0. The van der Waals surface area contributed by atoms with Gasteiger partial charge >= 0.3 is 0 Å². The van der Waals surface area contributed by atoms with Crippen molar-refractivity contribution in [2.24, 2.45) is 10.7 Å². The van der Waals surface area contributed by atoms with E-state index in [1.54, 1.807) is 0 Å². The largest absolute Gasteiger partial charge is 0.370 e. The SMILES string of the molecule is I.NC(=NCc1ccccc1CN1CCCC1=O)NC1CCCC1. The third-order valence-electron chi connectivity index (χ3n) is 4.78. The number of hydrogen-bond acceptors (Lipinski definition) is 2. The summed E-state index contributed by atoms with van der Waals surface area (Å²) in [6.07, 6.45) is 6.57. The summed E-state index contributed by atoms with van der Waals surface area (Å²) in [4.78, 5) is 18.2. The van der Waals surface area contributed by atoms with Gasteiger partial charge in [-0.15, -0.1) is 24.0 Å². The Balaban J connectivity index is 0.00000208. The van der Waals surface area contributed by atoms with E-state index in [0.717, 1.165) is 18.5 Å². The number of rotatable bonds is 5. The van der Waals surface area contributed by atoms with Crippen LogP contribution in [0.4, 0.5) is 0 Å². The zero-order chi connectivity index (χ0) is 16.1. The van der Waals surface area contributed by atoms with Crippen molar-refractivity contribution in [2.45, 2.75) is 57.7 Å². The number of nitrogens with zero attached hydrogens (tertiary/aromatic N) is 2. The molecule has 1 saturated heterocycles. The Morgan fingerprint density at radius 2 is 1.92 bits per heavy atom. The fraction of sp³-hybridized carbons (Fsp3) is 0.556. The first-order valence-corrected chi connectivity index (χ1v) is 8.63. The maximum atomic E-state index is 11.8. The fourth-order valence-electron chi connectivity index (χ4n) is 3.44. The predicted molar refractivity (Wildman–Crippen MR) is 107 cm³/mol. The summed E-state index contributed by atoms with van der Waals surface area (Å²) in [6.45, 7) is 2.10. The minimum Gasteiger partial charge on any atom is -0.370 e. The monoisotopic (exact) mass is 442 g/mol. The van der Waals surface area contributed by atoms with Crippen molar-refractivity contribution in [3.63, 3.8) is 0 Å². The first kappa shape index (κ1) is 19.0. The van der Waals surface area contributed by atoms with Crippen molar-refractivity contribution in [3.8, 4) is 0 Å². The average molecular weight is 442 g/mol. The molecule has 0 aromatic heterocycles. The Labute approximate surface area is 161 Å². The van der Waals surface area contributed by atoms with Gasteiger partial charge in [0.05, 0.1) is 6.54 Å². The lowest BCUT2D eigenvalue weighted by molar-refractivity contribution is -0.128. The van der Waals surface area contributed by atoms with E-state index in [2.05, 4.69) is 22.4 Å². The van der Waals surface area contributed by atoms with Crippen LogP contribution in [0.2, 0.25) is 0 Å². The van der Waals surface area contributed by atoms with Crippen LogP contribution in [0.25, 0.3) is 0 Å². The van der Waals surface area contributed by atoms with Crippen molar-refractivity contribution in [2.75, 3.05) is 6.54 Å². The molecule has 3 rings (SSSR count). The van der Waals surface area contributed by atoms with Gasteiger partial charge in [-0.05, 0) is 30.4 Å². The highest BCUT2D eigenvalue weighted by Crippen LogP contribution is 2.19.